The average molecular weight is 426 g/mol. The number of carbonyl (C=O) groups is 1. The normalized spacial score (nSPS) is 28.7. The van der Waals surface area contributed by atoms with Gasteiger partial charge in [-0.15, -0.1) is 0 Å². The maximum Gasteiger partial charge on any atom is 0.407 e. The van der Waals surface area contributed by atoms with Crippen LogP contribution in [0.3, 0.4) is 0 Å². The van der Waals surface area contributed by atoms with E-state index in [9.17, 15) is 20.3 Å². The molecule has 2 heterocycles. The molecule has 3 N–H and O–H groups in total. The molecule has 31 heavy (non-hydrogen) atoms. The number of likely N-dealkylation sites (tertiary alicyclic amines) is 1. The summed E-state index contributed by atoms with van der Waals surface area (Å²) in [5.74, 6) is 0.341. The molecule has 166 valence electrons. The van der Waals surface area contributed by atoms with Crippen LogP contribution in [0.2, 0.25) is 0 Å². The number of aliphatic hydroxyl groups is 1. The molecule has 8 heteroatoms. The van der Waals surface area contributed by atoms with Gasteiger partial charge in [-0.1, -0.05) is 13.3 Å². The number of hydrogen-bond acceptors (Lipinski definition) is 5. The number of imidazole rings is 1. The number of carboxylic acid groups (broad SMARTS) is 1. The van der Waals surface area contributed by atoms with Gasteiger partial charge in [-0.3, -0.25) is 0 Å². The van der Waals surface area contributed by atoms with E-state index in [2.05, 4.69) is 27.9 Å². The molecule has 1 aliphatic carbocycles. The highest BCUT2D eigenvalue weighted by Gasteiger charge is 2.38. The van der Waals surface area contributed by atoms with Gasteiger partial charge in [0.2, 0.25) is 0 Å². The summed E-state index contributed by atoms with van der Waals surface area (Å²) in [5.41, 5.74) is 1.63. The van der Waals surface area contributed by atoms with Crippen molar-refractivity contribution in [2.24, 2.45) is 11.3 Å². The molecular formula is C23H31N5O3. The highest BCUT2D eigenvalue weighted by atomic mass is 16.4. The summed E-state index contributed by atoms with van der Waals surface area (Å²) < 4.78 is 2.10. The first kappa shape index (κ1) is 21.6. The second kappa shape index (κ2) is 8.48. The lowest BCUT2D eigenvalue weighted by atomic mass is 9.77. The number of hydrogen-bond donors (Lipinski definition) is 3. The lowest BCUT2D eigenvalue weighted by Crippen LogP contribution is -2.47. The van der Waals surface area contributed by atoms with Crippen molar-refractivity contribution in [1.82, 2.24) is 19.8 Å². The monoisotopic (exact) mass is 425 g/mol. The Hall–Kier alpha value is -2.63. The van der Waals surface area contributed by atoms with Crippen LogP contribution in [0.5, 0.6) is 0 Å². The summed E-state index contributed by atoms with van der Waals surface area (Å²) in [6, 6.07) is 7.72. The maximum absolute atomic E-state index is 11.2. The molecule has 0 bridgehead atoms. The zero-order valence-electron chi connectivity index (χ0n) is 18.0. The Kier molecular flexibility index (Phi) is 5.91. The zero-order chi connectivity index (χ0) is 22.1. The summed E-state index contributed by atoms with van der Waals surface area (Å²) in [6.07, 6.45) is 5.34. The van der Waals surface area contributed by atoms with E-state index in [1.54, 1.807) is 6.07 Å². The summed E-state index contributed by atoms with van der Waals surface area (Å²) in [4.78, 5) is 17.1. The van der Waals surface area contributed by atoms with E-state index < -0.39 is 11.7 Å². The minimum absolute atomic E-state index is 0.0863. The first-order chi connectivity index (χ1) is 14.8. The minimum atomic E-state index is -0.855. The van der Waals surface area contributed by atoms with E-state index in [4.69, 9.17) is 0 Å². The van der Waals surface area contributed by atoms with Crippen molar-refractivity contribution in [2.45, 2.75) is 51.2 Å². The lowest BCUT2D eigenvalue weighted by Gasteiger charge is -2.38. The van der Waals surface area contributed by atoms with E-state index in [1.165, 1.54) is 4.90 Å². The predicted octanol–water partition coefficient (Wildman–Crippen LogP) is 2.81. The van der Waals surface area contributed by atoms with Crippen molar-refractivity contribution < 1.29 is 15.0 Å². The van der Waals surface area contributed by atoms with Crippen LogP contribution in [0.15, 0.2) is 24.5 Å². The lowest BCUT2D eigenvalue weighted by molar-refractivity contribution is -0.0189. The zero-order valence-corrected chi connectivity index (χ0v) is 18.0. The number of amides is 1. The second-order valence-electron chi connectivity index (χ2n) is 9.77. The number of rotatable bonds is 6. The Morgan fingerprint density at radius 1 is 1.39 bits per heavy atom. The first-order valence-electron chi connectivity index (χ1n) is 11.1. The van der Waals surface area contributed by atoms with Crippen LogP contribution in [-0.2, 0) is 6.54 Å². The molecule has 1 aliphatic heterocycles. The van der Waals surface area contributed by atoms with Gasteiger partial charge in [0.15, 0.2) is 0 Å². The third-order valence-electron chi connectivity index (χ3n) is 6.96. The minimum Gasteiger partial charge on any atom is -0.465 e. The van der Waals surface area contributed by atoms with Gasteiger partial charge in [0.25, 0.3) is 0 Å². The molecule has 1 aromatic heterocycles. The molecule has 2 aliphatic rings. The van der Waals surface area contributed by atoms with Crippen LogP contribution < -0.4 is 5.32 Å². The van der Waals surface area contributed by atoms with E-state index in [0.29, 0.717) is 37.7 Å². The van der Waals surface area contributed by atoms with Gasteiger partial charge in [0, 0.05) is 32.7 Å². The van der Waals surface area contributed by atoms with E-state index in [0.717, 1.165) is 49.7 Å². The van der Waals surface area contributed by atoms with Gasteiger partial charge >= 0.3 is 6.09 Å². The Morgan fingerprint density at radius 2 is 2.23 bits per heavy atom. The van der Waals surface area contributed by atoms with Gasteiger partial charge in [-0.05, 0) is 55.2 Å². The number of aromatic nitrogens is 2. The summed E-state index contributed by atoms with van der Waals surface area (Å²) in [6.45, 7) is 5.22. The van der Waals surface area contributed by atoms with Gasteiger partial charge in [0.1, 0.15) is 0 Å². The van der Waals surface area contributed by atoms with E-state index in [1.807, 2.05) is 18.5 Å². The smallest absolute Gasteiger partial charge is 0.407 e. The molecule has 1 saturated heterocycles. The van der Waals surface area contributed by atoms with Crippen molar-refractivity contribution in [3.05, 3.63) is 30.1 Å². The van der Waals surface area contributed by atoms with Gasteiger partial charge in [-0.25, -0.2) is 9.78 Å². The second-order valence-corrected chi connectivity index (χ2v) is 9.77. The quantitative estimate of drug-likeness (QED) is 0.656. The van der Waals surface area contributed by atoms with Crippen LogP contribution in [0.25, 0.3) is 11.0 Å². The Labute approximate surface area is 182 Å². The Bertz CT molecular complexity index is 999. The molecule has 2 fully saturated rings. The van der Waals surface area contributed by atoms with Crippen LogP contribution >= 0.6 is 0 Å². The Balaban J connectivity index is 1.34. The fraction of sp³-hybridized carbons (Fsp3) is 0.609. The van der Waals surface area contributed by atoms with Crippen molar-refractivity contribution in [1.29, 1.82) is 5.26 Å². The van der Waals surface area contributed by atoms with Crippen LogP contribution in [0, 0.1) is 22.7 Å². The third-order valence-corrected chi connectivity index (χ3v) is 6.96. The molecule has 1 aromatic carbocycles. The number of nitrogens with one attached hydrogen (secondary N) is 1. The van der Waals surface area contributed by atoms with Gasteiger partial charge < -0.3 is 25.0 Å². The maximum atomic E-state index is 11.2. The topological polar surface area (TPSA) is 114 Å². The highest BCUT2D eigenvalue weighted by Crippen LogP contribution is 2.34. The fourth-order valence-electron chi connectivity index (χ4n) is 5.26. The van der Waals surface area contributed by atoms with Crippen molar-refractivity contribution in [3.8, 4) is 6.07 Å². The summed E-state index contributed by atoms with van der Waals surface area (Å²) in [7, 11) is 0. The SMILES string of the molecule is CC1(CNC[C@@]2(O)CCC[C@H](Cn3cnc4ccc(C#N)cc43)C2)CCN(C(=O)O)C1. The summed E-state index contributed by atoms with van der Waals surface area (Å²) >= 11 is 0. The number of benzene rings is 1. The molecule has 3 atom stereocenters. The average Bonchev–Trinajstić information content (AvgIpc) is 3.31. The first-order valence-corrected chi connectivity index (χ1v) is 11.1. The number of fused-ring (bicyclic) bond motifs is 1. The highest BCUT2D eigenvalue weighted by molar-refractivity contribution is 5.76. The molecular weight excluding hydrogens is 394 g/mol. The van der Waals surface area contributed by atoms with Gasteiger partial charge in [-0.2, -0.15) is 5.26 Å². The molecule has 8 nitrogen and oxygen atoms in total. The molecule has 2 aromatic rings. The molecule has 0 spiro atoms. The van der Waals surface area contributed by atoms with Crippen molar-refractivity contribution in [3.63, 3.8) is 0 Å². The van der Waals surface area contributed by atoms with Crippen molar-refractivity contribution in [2.75, 3.05) is 26.2 Å². The van der Waals surface area contributed by atoms with Gasteiger partial charge in [0.05, 0.1) is 34.6 Å². The van der Waals surface area contributed by atoms with E-state index in [-0.39, 0.29) is 5.41 Å². The van der Waals surface area contributed by atoms with Crippen molar-refractivity contribution >= 4 is 17.1 Å². The van der Waals surface area contributed by atoms with Crippen LogP contribution in [-0.4, -0.2) is 62.5 Å². The Morgan fingerprint density at radius 3 is 2.97 bits per heavy atom. The molecule has 4 rings (SSSR count). The van der Waals surface area contributed by atoms with Crippen LogP contribution in [0.4, 0.5) is 4.79 Å². The molecule has 1 saturated carbocycles. The van der Waals surface area contributed by atoms with Crippen LogP contribution in [0.1, 0.15) is 44.6 Å². The third kappa shape index (κ3) is 4.83. The number of nitriles is 1. The molecule has 0 radical (unpaired) electrons. The largest absolute Gasteiger partial charge is 0.465 e. The summed E-state index contributed by atoms with van der Waals surface area (Å²) in [5, 5.41) is 33.0. The fourth-order valence-corrected chi connectivity index (χ4v) is 5.26. The molecule has 1 unspecified atom stereocenters. The number of nitrogens with zero attached hydrogens (tertiary/aromatic N) is 4. The predicted molar refractivity (Wildman–Crippen MR) is 117 cm³/mol. The standard InChI is InChI=1S/C23H31N5O3/c1-22(7-8-27(15-22)21(29)30)13-25-14-23(31)6-2-3-18(10-23)12-28-16-26-19-5-4-17(11-24)9-20(19)28/h4-5,9,16,18,25,31H,2-3,6-8,10,12-15H2,1H3,(H,29,30)/t18-,22?,23+/m0/s1. The molecule has 1 amide bonds. The van der Waals surface area contributed by atoms with E-state index >= 15 is 0 Å².